The first-order valence-electron chi connectivity index (χ1n) is 7.12. The highest BCUT2D eigenvalue weighted by Gasteiger charge is 2.40. The minimum Gasteiger partial charge on any atom is -0.426 e. The molecule has 0 aliphatic heterocycles. The van der Waals surface area contributed by atoms with E-state index in [-0.39, 0.29) is 18.3 Å². The van der Waals surface area contributed by atoms with Gasteiger partial charge in [0, 0.05) is 0 Å². The third-order valence-corrected chi connectivity index (χ3v) is 4.09. The molecule has 1 N–H and O–H groups in total. The van der Waals surface area contributed by atoms with Crippen LogP contribution < -0.4 is 4.74 Å². The molecule has 2 unspecified atom stereocenters. The van der Waals surface area contributed by atoms with Gasteiger partial charge in [-0.25, -0.2) is 0 Å². The van der Waals surface area contributed by atoms with Gasteiger partial charge in [0.1, 0.15) is 5.75 Å². The van der Waals surface area contributed by atoms with E-state index >= 15 is 0 Å². The lowest BCUT2D eigenvalue weighted by Crippen LogP contribution is -2.43. The van der Waals surface area contributed by atoms with Crippen LogP contribution in [0.2, 0.25) is 0 Å². The molecule has 1 fully saturated rings. The second-order valence-corrected chi connectivity index (χ2v) is 5.42. The standard InChI is InChI=1S/C16H22O3/c1-2-13-8-6-7-11-16(13,18)12-15(17)19-14-9-4-3-5-10-14/h3-5,9-10,13,18H,2,6-8,11-12H2,1H3. The maximum Gasteiger partial charge on any atom is 0.314 e. The molecule has 0 bridgehead atoms. The number of carbonyl (C=O) groups excluding carboxylic acids is 1. The zero-order valence-corrected chi connectivity index (χ0v) is 11.5. The minimum atomic E-state index is -0.876. The van der Waals surface area contributed by atoms with Crippen molar-refractivity contribution >= 4 is 5.97 Å². The van der Waals surface area contributed by atoms with Gasteiger partial charge in [-0.2, -0.15) is 0 Å². The number of carbonyl (C=O) groups is 1. The van der Waals surface area contributed by atoms with Crippen LogP contribution in [0.3, 0.4) is 0 Å². The van der Waals surface area contributed by atoms with Crippen molar-refractivity contribution < 1.29 is 14.6 Å². The quantitative estimate of drug-likeness (QED) is 0.669. The summed E-state index contributed by atoms with van der Waals surface area (Å²) in [6.45, 7) is 2.07. The van der Waals surface area contributed by atoms with Gasteiger partial charge in [-0.15, -0.1) is 0 Å². The highest BCUT2D eigenvalue weighted by molar-refractivity contribution is 5.73. The van der Waals surface area contributed by atoms with Gasteiger partial charge in [-0.3, -0.25) is 4.79 Å². The average Bonchev–Trinajstić information content (AvgIpc) is 2.39. The van der Waals surface area contributed by atoms with Crippen LogP contribution in [0.25, 0.3) is 0 Å². The molecule has 0 heterocycles. The molecule has 0 aromatic heterocycles. The highest BCUT2D eigenvalue weighted by Crippen LogP contribution is 2.38. The van der Waals surface area contributed by atoms with Gasteiger partial charge in [0.2, 0.25) is 0 Å². The Morgan fingerprint density at radius 2 is 2.11 bits per heavy atom. The summed E-state index contributed by atoms with van der Waals surface area (Å²) in [5, 5.41) is 10.7. The van der Waals surface area contributed by atoms with E-state index in [1.54, 1.807) is 12.1 Å². The summed E-state index contributed by atoms with van der Waals surface area (Å²) >= 11 is 0. The fourth-order valence-electron chi connectivity index (χ4n) is 3.02. The molecule has 104 valence electrons. The maximum atomic E-state index is 12.0. The lowest BCUT2D eigenvalue weighted by molar-refractivity contribution is -0.144. The van der Waals surface area contributed by atoms with Crippen molar-refractivity contribution in [2.24, 2.45) is 5.92 Å². The molecule has 0 spiro atoms. The van der Waals surface area contributed by atoms with Gasteiger partial charge in [0.15, 0.2) is 0 Å². The molecule has 1 saturated carbocycles. The molecule has 0 saturated heterocycles. The van der Waals surface area contributed by atoms with E-state index in [0.29, 0.717) is 12.2 Å². The van der Waals surface area contributed by atoms with Crippen LogP contribution in [0.4, 0.5) is 0 Å². The Morgan fingerprint density at radius 3 is 2.79 bits per heavy atom. The average molecular weight is 262 g/mol. The van der Waals surface area contributed by atoms with Crippen molar-refractivity contribution in [3.8, 4) is 5.75 Å². The molecule has 1 aromatic carbocycles. The first kappa shape index (κ1) is 14.1. The van der Waals surface area contributed by atoms with E-state index in [1.807, 2.05) is 18.2 Å². The second kappa shape index (κ2) is 6.20. The van der Waals surface area contributed by atoms with Crippen molar-refractivity contribution in [3.05, 3.63) is 30.3 Å². The van der Waals surface area contributed by atoms with E-state index in [9.17, 15) is 9.90 Å². The number of para-hydroxylation sites is 1. The summed E-state index contributed by atoms with van der Waals surface area (Å²) in [7, 11) is 0. The third-order valence-electron chi connectivity index (χ3n) is 4.09. The number of rotatable bonds is 4. The SMILES string of the molecule is CCC1CCCCC1(O)CC(=O)Oc1ccccc1. The van der Waals surface area contributed by atoms with Crippen molar-refractivity contribution in [1.82, 2.24) is 0 Å². The molecule has 19 heavy (non-hydrogen) atoms. The fourth-order valence-corrected chi connectivity index (χ4v) is 3.02. The Bertz CT molecular complexity index is 415. The molecule has 0 amide bonds. The highest BCUT2D eigenvalue weighted by atomic mass is 16.5. The summed E-state index contributed by atoms with van der Waals surface area (Å²) in [6.07, 6.45) is 4.86. The van der Waals surface area contributed by atoms with Crippen molar-refractivity contribution in [1.29, 1.82) is 0 Å². The second-order valence-electron chi connectivity index (χ2n) is 5.42. The van der Waals surface area contributed by atoms with Gasteiger partial charge < -0.3 is 9.84 Å². The molecule has 1 aromatic rings. The molecule has 3 heteroatoms. The third kappa shape index (κ3) is 3.57. The van der Waals surface area contributed by atoms with Crippen LogP contribution in [0.1, 0.15) is 45.4 Å². The monoisotopic (exact) mass is 262 g/mol. The zero-order chi connectivity index (χ0) is 13.7. The lowest BCUT2D eigenvalue weighted by Gasteiger charge is -2.39. The van der Waals surface area contributed by atoms with Crippen molar-refractivity contribution in [2.75, 3.05) is 0 Å². The Kier molecular flexibility index (Phi) is 4.59. The van der Waals surface area contributed by atoms with Crippen LogP contribution in [0.15, 0.2) is 30.3 Å². The normalized spacial score (nSPS) is 26.9. The summed E-state index contributed by atoms with van der Waals surface area (Å²) in [4.78, 5) is 12.0. The lowest BCUT2D eigenvalue weighted by atomic mass is 9.72. The summed E-state index contributed by atoms with van der Waals surface area (Å²) < 4.78 is 5.28. The van der Waals surface area contributed by atoms with Gasteiger partial charge >= 0.3 is 5.97 Å². The maximum absolute atomic E-state index is 12.0. The van der Waals surface area contributed by atoms with Crippen molar-refractivity contribution in [3.63, 3.8) is 0 Å². The summed E-state index contributed by atoms with van der Waals surface area (Å²) in [5.41, 5.74) is -0.876. The first-order valence-corrected chi connectivity index (χ1v) is 7.12. The topological polar surface area (TPSA) is 46.5 Å². The number of benzene rings is 1. The molecular formula is C16H22O3. The Balaban J connectivity index is 1.97. The predicted molar refractivity (Wildman–Crippen MR) is 73.9 cm³/mol. The van der Waals surface area contributed by atoms with Crippen LogP contribution in [-0.2, 0) is 4.79 Å². The fraction of sp³-hybridized carbons (Fsp3) is 0.562. The van der Waals surface area contributed by atoms with E-state index in [0.717, 1.165) is 25.7 Å². The molecule has 1 aliphatic rings. The van der Waals surface area contributed by atoms with Gasteiger partial charge in [-0.1, -0.05) is 44.4 Å². The number of ether oxygens (including phenoxy) is 1. The van der Waals surface area contributed by atoms with Crippen LogP contribution in [-0.4, -0.2) is 16.7 Å². The largest absolute Gasteiger partial charge is 0.426 e. The van der Waals surface area contributed by atoms with Gasteiger partial charge in [-0.05, 0) is 30.9 Å². The summed E-state index contributed by atoms with van der Waals surface area (Å²) in [6, 6.07) is 9.03. The van der Waals surface area contributed by atoms with E-state index in [2.05, 4.69) is 6.92 Å². The molecule has 3 nitrogen and oxygen atoms in total. The Hall–Kier alpha value is -1.35. The van der Waals surface area contributed by atoms with Crippen molar-refractivity contribution in [2.45, 2.75) is 51.0 Å². The van der Waals surface area contributed by atoms with Gasteiger partial charge in [0.05, 0.1) is 12.0 Å². The van der Waals surface area contributed by atoms with Gasteiger partial charge in [0.25, 0.3) is 0 Å². The number of esters is 1. The van der Waals surface area contributed by atoms with Crippen LogP contribution >= 0.6 is 0 Å². The first-order chi connectivity index (χ1) is 9.14. The predicted octanol–water partition coefficient (Wildman–Crippen LogP) is 3.31. The van der Waals surface area contributed by atoms with Crippen LogP contribution in [0, 0.1) is 5.92 Å². The molecule has 2 rings (SSSR count). The molecule has 1 aliphatic carbocycles. The number of hydrogen-bond donors (Lipinski definition) is 1. The number of aliphatic hydroxyl groups is 1. The van der Waals surface area contributed by atoms with Crippen LogP contribution in [0.5, 0.6) is 5.75 Å². The van der Waals surface area contributed by atoms with E-state index in [4.69, 9.17) is 4.74 Å². The minimum absolute atomic E-state index is 0.0976. The zero-order valence-electron chi connectivity index (χ0n) is 11.5. The molecule has 0 radical (unpaired) electrons. The smallest absolute Gasteiger partial charge is 0.314 e. The summed E-state index contributed by atoms with van der Waals surface area (Å²) in [5.74, 6) is 0.415. The Labute approximate surface area is 114 Å². The molecule has 2 atom stereocenters. The van der Waals surface area contributed by atoms with E-state index < -0.39 is 5.60 Å². The Morgan fingerprint density at radius 1 is 1.37 bits per heavy atom. The molecular weight excluding hydrogens is 240 g/mol. The number of hydrogen-bond acceptors (Lipinski definition) is 3. The van der Waals surface area contributed by atoms with E-state index in [1.165, 1.54) is 0 Å².